The maximum atomic E-state index is 12.4. The molecule has 24 heavy (non-hydrogen) atoms. The van der Waals surface area contributed by atoms with Gasteiger partial charge in [0.15, 0.2) is 0 Å². The van der Waals surface area contributed by atoms with Gasteiger partial charge in [0, 0.05) is 0 Å². The first-order valence-corrected chi connectivity index (χ1v) is 7.16. The summed E-state index contributed by atoms with van der Waals surface area (Å²) in [6.45, 7) is 1.54. The zero-order chi connectivity index (χ0) is 17.7. The third kappa shape index (κ3) is 5.06. The Morgan fingerprint density at radius 1 is 0.958 bits per heavy atom. The topological polar surface area (TPSA) is 58.9 Å². The van der Waals surface area contributed by atoms with Gasteiger partial charge in [0.1, 0.15) is 36.6 Å². The summed E-state index contributed by atoms with van der Waals surface area (Å²) in [5, 5.41) is 19.2. The average molecular weight is 342 g/mol. The number of hydrogen-bond donors (Lipinski definition) is 2. The van der Waals surface area contributed by atoms with Crippen LogP contribution in [0.2, 0.25) is 0 Å². The van der Waals surface area contributed by atoms with E-state index in [4.69, 9.17) is 9.47 Å². The van der Waals surface area contributed by atoms with E-state index in [2.05, 4.69) is 0 Å². The van der Waals surface area contributed by atoms with Crippen LogP contribution >= 0.6 is 0 Å². The van der Waals surface area contributed by atoms with E-state index in [-0.39, 0.29) is 24.7 Å². The number of benzene rings is 2. The van der Waals surface area contributed by atoms with E-state index in [0.29, 0.717) is 11.3 Å². The predicted molar refractivity (Wildman–Crippen MR) is 81.3 cm³/mol. The van der Waals surface area contributed by atoms with Crippen LogP contribution in [-0.2, 0) is 6.18 Å². The molecule has 0 radical (unpaired) electrons. The number of ether oxygens (including phenoxy) is 2. The van der Waals surface area contributed by atoms with Crippen LogP contribution in [0.5, 0.6) is 17.2 Å². The molecule has 0 aliphatic rings. The van der Waals surface area contributed by atoms with Crippen molar-refractivity contribution in [2.75, 3.05) is 13.2 Å². The van der Waals surface area contributed by atoms with Crippen molar-refractivity contribution in [3.8, 4) is 17.2 Å². The molecule has 0 saturated carbocycles. The summed E-state index contributed by atoms with van der Waals surface area (Å²) in [4.78, 5) is 0. The highest BCUT2D eigenvalue weighted by atomic mass is 19.4. The smallest absolute Gasteiger partial charge is 0.416 e. The number of hydrogen-bond acceptors (Lipinski definition) is 4. The van der Waals surface area contributed by atoms with Crippen LogP contribution in [0.15, 0.2) is 42.5 Å². The number of aliphatic hydroxyl groups excluding tert-OH is 1. The fraction of sp³-hybridized carbons (Fsp3) is 0.294. The van der Waals surface area contributed by atoms with Crippen molar-refractivity contribution in [2.45, 2.75) is 19.2 Å². The van der Waals surface area contributed by atoms with Crippen molar-refractivity contribution in [2.24, 2.45) is 0 Å². The zero-order valence-corrected chi connectivity index (χ0v) is 12.9. The lowest BCUT2D eigenvalue weighted by atomic mass is 10.2. The first-order chi connectivity index (χ1) is 11.3. The number of phenols is 1. The van der Waals surface area contributed by atoms with E-state index in [0.717, 1.165) is 12.1 Å². The molecule has 7 heteroatoms. The molecule has 0 amide bonds. The molecule has 0 heterocycles. The SMILES string of the molecule is Cc1cc(OCC(O)COc2ccc(C(F)(F)F)cc2)ccc1O. The first kappa shape index (κ1) is 17.9. The fourth-order valence-electron chi connectivity index (χ4n) is 1.89. The van der Waals surface area contributed by atoms with Crippen molar-refractivity contribution in [1.82, 2.24) is 0 Å². The minimum Gasteiger partial charge on any atom is -0.508 e. The molecule has 0 spiro atoms. The summed E-state index contributed by atoms with van der Waals surface area (Å²) in [5.41, 5.74) is -0.121. The van der Waals surface area contributed by atoms with Crippen molar-refractivity contribution in [3.63, 3.8) is 0 Å². The highest BCUT2D eigenvalue weighted by Crippen LogP contribution is 2.30. The number of phenolic OH excluding ortho intramolecular Hbond substituents is 1. The standard InChI is InChI=1S/C17H17F3O4/c1-11-8-15(6-7-16(11)22)24-10-13(21)9-23-14-4-2-12(3-5-14)17(18,19)20/h2-8,13,21-22H,9-10H2,1H3. The Balaban J connectivity index is 1.80. The highest BCUT2D eigenvalue weighted by Gasteiger charge is 2.30. The third-order valence-corrected chi connectivity index (χ3v) is 3.23. The second-order valence-corrected chi connectivity index (χ2v) is 5.25. The first-order valence-electron chi connectivity index (χ1n) is 7.16. The van der Waals surface area contributed by atoms with Crippen LogP contribution in [0.4, 0.5) is 13.2 Å². The molecular formula is C17H17F3O4. The second kappa shape index (κ2) is 7.44. The lowest BCUT2D eigenvalue weighted by Gasteiger charge is -2.14. The van der Waals surface area contributed by atoms with Crippen LogP contribution in [0, 0.1) is 6.92 Å². The van der Waals surface area contributed by atoms with Crippen LogP contribution in [-0.4, -0.2) is 29.5 Å². The van der Waals surface area contributed by atoms with Crippen molar-refractivity contribution >= 4 is 0 Å². The summed E-state index contributed by atoms with van der Waals surface area (Å²) in [5.74, 6) is 0.856. The van der Waals surface area contributed by atoms with Gasteiger partial charge in [0.2, 0.25) is 0 Å². The summed E-state index contributed by atoms with van der Waals surface area (Å²) < 4.78 is 47.9. The molecule has 4 nitrogen and oxygen atoms in total. The molecule has 0 saturated heterocycles. The van der Waals surface area contributed by atoms with E-state index in [1.807, 2.05) is 0 Å². The molecule has 2 rings (SSSR count). The van der Waals surface area contributed by atoms with Gasteiger partial charge >= 0.3 is 6.18 Å². The van der Waals surface area contributed by atoms with Crippen LogP contribution < -0.4 is 9.47 Å². The maximum absolute atomic E-state index is 12.4. The normalized spacial score (nSPS) is 12.7. The molecule has 2 aromatic rings. The minimum absolute atomic E-state index is 0.0507. The van der Waals surface area contributed by atoms with E-state index in [9.17, 15) is 23.4 Å². The summed E-state index contributed by atoms with van der Waals surface area (Å²) in [6, 6.07) is 8.88. The van der Waals surface area contributed by atoms with Gasteiger partial charge in [-0.25, -0.2) is 0 Å². The quantitative estimate of drug-likeness (QED) is 0.843. The van der Waals surface area contributed by atoms with Crippen LogP contribution in [0.25, 0.3) is 0 Å². The molecule has 1 unspecified atom stereocenters. The molecule has 0 aromatic heterocycles. The molecule has 0 aliphatic carbocycles. The lowest BCUT2D eigenvalue weighted by molar-refractivity contribution is -0.137. The Bertz CT molecular complexity index is 669. The van der Waals surface area contributed by atoms with Gasteiger partial charge in [0.25, 0.3) is 0 Å². The minimum atomic E-state index is -4.39. The van der Waals surface area contributed by atoms with Crippen molar-refractivity contribution in [3.05, 3.63) is 53.6 Å². The Kier molecular flexibility index (Phi) is 5.56. The molecule has 2 aromatic carbocycles. The zero-order valence-electron chi connectivity index (χ0n) is 12.9. The number of aryl methyl sites for hydroxylation is 1. The van der Waals surface area contributed by atoms with Crippen molar-refractivity contribution < 1.29 is 32.9 Å². The Hall–Kier alpha value is -2.41. The maximum Gasteiger partial charge on any atom is 0.416 e. The van der Waals surface area contributed by atoms with Gasteiger partial charge < -0.3 is 19.7 Å². The Morgan fingerprint density at radius 2 is 1.50 bits per heavy atom. The highest BCUT2D eigenvalue weighted by molar-refractivity contribution is 5.38. The second-order valence-electron chi connectivity index (χ2n) is 5.25. The van der Waals surface area contributed by atoms with Crippen LogP contribution in [0.1, 0.15) is 11.1 Å². The molecule has 0 aliphatic heterocycles. The summed E-state index contributed by atoms with van der Waals surface area (Å²) in [7, 11) is 0. The van der Waals surface area contributed by atoms with Crippen molar-refractivity contribution in [1.29, 1.82) is 0 Å². The number of aromatic hydroxyl groups is 1. The molecule has 0 fully saturated rings. The van der Waals surface area contributed by atoms with Gasteiger partial charge in [-0.05, 0) is 55.0 Å². The van der Waals surface area contributed by atoms with Gasteiger partial charge in [-0.1, -0.05) is 0 Å². The lowest BCUT2D eigenvalue weighted by Crippen LogP contribution is -2.25. The third-order valence-electron chi connectivity index (χ3n) is 3.23. The van der Waals surface area contributed by atoms with Crippen LogP contribution in [0.3, 0.4) is 0 Å². The van der Waals surface area contributed by atoms with E-state index in [1.165, 1.54) is 18.2 Å². The van der Waals surface area contributed by atoms with Gasteiger partial charge in [-0.3, -0.25) is 0 Å². The summed E-state index contributed by atoms with van der Waals surface area (Å²) in [6.07, 6.45) is -5.35. The Morgan fingerprint density at radius 3 is 2.04 bits per heavy atom. The predicted octanol–water partition coefficient (Wildman–Crippen LogP) is 3.54. The van der Waals surface area contributed by atoms with Gasteiger partial charge in [-0.2, -0.15) is 13.2 Å². The molecule has 130 valence electrons. The van der Waals surface area contributed by atoms with Gasteiger partial charge in [-0.15, -0.1) is 0 Å². The molecule has 1 atom stereocenters. The van der Waals surface area contributed by atoms with E-state index >= 15 is 0 Å². The number of aliphatic hydroxyl groups is 1. The molecule has 2 N–H and O–H groups in total. The van der Waals surface area contributed by atoms with E-state index < -0.39 is 17.8 Å². The molecular weight excluding hydrogens is 325 g/mol. The fourth-order valence-corrected chi connectivity index (χ4v) is 1.89. The largest absolute Gasteiger partial charge is 0.508 e. The number of halogens is 3. The summed E-state index contributed by atoms with van der Waals surface area (Å²) >= 11 is 0. The number of alkyl halides is 3. The Labute approximate surface area is 137 Å². The van der Waals surface area contributed by atoms with E-state index in [1.54, 1.807) is 19.1 Å². The number of rotatable bonds is 6. The monoisotopic (exact) mass is 342 g/mol. The molecule has 0 bridgehead atoms. The van der Waals surface area contributed by atoms with Gasteiger partial charge in [0.05, 0.1) is 5.56 Å². The average Bonchev–Trinajstić information content (AvgIpc) is 2.53.